The number of nitrogens with zero attached hydrogens (tertiary/aromatic N) is 3. The first-order valence-electron chi connectivity index (χ1n) is 8.10. The Morgan fingerprint density at radius 2 is 2.13 bits per heavy atom. The maximum Gasteiger partial charge on any atom is 0.321 e. The second-order valence-corrected chi connectivity index (χ2v) is 7.04. The normalized spacial score (nSPS) is 15.7. The van der Waals surface area contributed by atoms with Gasteiger partial charge in [0.25, 0.3) is 0 Å². The van der Waals surface area contributed by atoms with Crippen LogP contribution in [0.3, 0.4) is 0 Å². The standard InChI is InChI=1S/C17H22N4OS/c1-3-15-19-20-16(23-15)13-7-9-21(10-8-13)17(22)18-14-6-4-5-12(2)11-14/h4-6,11,13H,3,7-10H2,1-2H3,(H,18,22). The first kappa shape index (κ1) is 15.9. The molecule has 6 heteroatoms. The number of amides is 2. The molecule has 122 valence electrons. The molecular formula is C17H22N4OS. The van der Waals surface area contributed by atoms with E-state index in [-0.39, 0.29) is 6.03 Å². The van der Waals surface area contributed by atoms with Gasteiger partial charge in [-0.2, -0.15) is 0 Å². The lowest BCUT2D eigenvalue weighted by Gasteiger charge is -2.31. The smallest absolute Gasteiger partial charge is 0.321 e. The SMILES string of the molecule is CCc1nnc(C2CCN(C(=O)Nc3cccc(C)c3)CC2)s1. The van der Waals surface area contributed by atoms with Crippen molar-refractivity contribution in [3.63, 3.8) is 0 Å². The molecule has 2 amide bonds. The number of carbonyl (C=O) groups excluding carboxylic acids is 1. The monoisotopic (exact) mass is 330 g/mol. The highest BCUT2D eigenvalue weighted by Crippen LogP contribution is 2.30. The van der Waals surface area contributed by atoms with Gasteiger partial charge in [-0.1, -0.05) is 19.1 Å². The van der Waals surface area contributed by atoms with E-state index in [1.165, 1.54) is 0 Å². The molecule has 1 fully saturated rings. The van der Waals surface area contributed by atoms with E-state index in [1.54, 1.807) is 11.3 Å². The van der Waals surface area contributed by atoms with Crippen LogP contribution in [-0.2, 0) is 6.42 Å². The Bertz CT molecular complexity index is 677. The molecule has 1 saturated heterocycles. The minimum atomic E-state index is -0.0134. The second kappa shape index (κ2) is 7.08. The van der Waals surface area contributed by atoms with Crippen molar-refractivity contribution >= 4 is 23.1 Å². The number of anilines is 1. The highest BCUT2D eigenvalue weighted by molar-refractivity contribution is 7.11. The predicted molar refractivity (Wildman–Crippen MR) is 93.0 cm³/mol. The summed E-state index contributed by atoms with van der Waals surface area (Å²) in [6, 6.07) is 7.87. The van der Waals surface area contributed by atoms with Gasteiger partial charge in [0.2, 0.25) is 0 Å². The molecule has 23 heavy (non-hydrogen) atoms. The van der Waals surface area contributed by atoms with Crippen LogP contribution in [0.1, 0.15) is 41.3 Å². The van der Waals surface area contributed by atoms with Crippen molar-refractivity contribution in [2.75, 3.05) is 18.4 Å². The van der Waals surface area contributed by atoms with Gasteiger partial charge in [-0.15, -0.1) is 21.5 Å². The Balaban J connectivity index is 1.55. The van der Waals surface area contributed by atoms with Crippen LogP contribution in [0.2, 0.25) is 0 Å². The first-order valence-corrected chi connectivity index (χ1v) is 8.92. The van der Waals surface area contributed by atoms with Gasteiger partial charge >= 0.3 is 6.03 Å². The summed E-state index contributed by atoms with van der Waals surface area (Å²) in [7, 11) is 0. The van der Waals surface area contributed by atoms with Gasteiger partial charge in [-0.25, -0.2) is 4.79 Å². The molecule has 2 aromatic rings. The third-order valence-corrected chi connectivity index (χ3v) is 5.42. The van der Waals surface area contributed by atoms with Crippen molar-refractivity contribution in [3.05, 3.63) is 39.8 Å². The zero-order chi connectivity index (χ0) is 16.2. The topological polar surface area (TPSA) is 58.1 Å². The molecule has 3 rings (SSSR count). The van der Waals surface area contributed by atoms with Gasteiger partial charge in [-0.05, 0) is 43.9 Å². The lowest BCUT2D eigenvalue weighted by molar-refractivity contribution is 0.194. The average molecular weight is 330 g/mol. The van der Waals surface area contributed by atoms with Crippen LogP contribution in [0.25, 0.3) is 0 Å². The average Bonchev–Trinajstić information content (AvgIpc) is 3.04. The van der Waals surface area contributed by atoms with Gasteiger partial charge in [0.05, 0.1) is 0 Å². The van der Waals surface area contributed by atoms with Crippen LogP contribution in [0.4, 0.5) is 10.5 Å². The molecule has 0 unspecified atom stereocenters. The molecule has 0 atom stereocenters. The number of nitrogens with one attached hydrogen (secondary N) is 1. The number of benzene rings is 1. The summed E-state index contributed by atoms with van der Waals surface area (Å²) in [5.41, 5.74) is 2.00. The molecule has 1 aliphatic heterocycles. The van der Waals surface area contributed by atoms with Gasteiger partial charge in [0, 0.05) is 24.7 Å². The van der Waals surface area contributed by atoms with Crippen LogP contribution < -0.4 is 5.32 Å². The maximum atomic E-state index is 12.4. The summed E-state index contributed by atoms with van der Waals surface area (Å²) in [6.45, 7) is 5.66. The van der Waals surface area contributed by atoms with E-state index in [2.05, 4.69) is 22.4 Å². The number of rotatable bonds is 3. The fraction of sp³-hybridized carbons (Fsp3) is 0.471. The molecular weight excluding hydrogens is 308 g/mol. The molecule has 0 spiro atoms. The van der Waals surface area contributed by atoms with Crippen molar-refractivity contribution in [2.24, 2.45) is 0 Å². The van der Waals surface area contributed by atoms with Crippen LogP contribution in [0.15, 0.2) is 24.3 Å². The number of hydrogen-bond donors (Lipinski definition) is 1. The maximum absolute atomic E-state index is 12.4. The Kier molecular flexibility index (Phi) is 4.91. The van der Waals surface area contributed by atoms with Crippen LogP contribution in [-0.4, -0.2) is 34.2 Å². The predicted octanol–water partition coefficient (Wildman–Crippen LogP) is 3.82. The summed E-state index contributed by atoms with van der Waals surface area (Å²) in [5, 5.41) is 13.7. The van der Waals surface area contributed by atoms with E-state index in [4.69, 9.17) is 0 Å². The Hall–Kier alpha value is -1.95. The van der Waals surface area contributed by atoms with E-state index in [9.17, 15) is 4.79 Å². The number of urea groups is 1. The second-order valence-electron chi connectivity index (χ2n) is 5.95. The number of piperidine rings is 1. The van der Waals surface area contributed by atoms with Crippen molar-refractivity contribution in [1.82, 2.24) is 15.1 Å². The molecule has 0 aliphatic carbocycles. The van der Waals surface area contributed by atoms with Crippen LogP contribution in [0.5, 0.6) is 0 Å². The Morgan fingerprint density at radius 1 is 1.35 bits per heavy atom. The highest BCUT2D eigenvalue weighted by Gasteiger charge is 2.26. The number of aromatic nitrogens is 2. The zero-order valence-corrected chi connectivity index (χ0v) is 14.4. The number of aryl methyl sites for hydroxylation is 2. The molecule has 2 heterocycles. The fourth-order valence-corrected chi connectivity index (χ4v) is 3.78. The molecule has 0 bridgehead atoms. The van der Waals surface area contributed by atoms with Crippen molar-refractivity contribution in [3.8, 4) is 0 Å². The lowest BCUT2D eigenvalue weighted by atomic mass is 9.98. The number of likely N-dealkylation sites (tertiary alicyclic amines) is 1. The van der Waals surface area contributed by atoms with Gasteiger partial charge < -0.3 is 10.2 Å². The third-order valence-electron chi connectivity index (χ3n) is 4.19. The van der Waals surface area contributed by atoms with Crippen molar-refractivity contribution in [2.45, 2.75) is 39.0 Å². The van der Waals surface area contributed by atoms with Gasteiger partial charge in [0.1, 0.15) is 10.0 Å². The third kappa shape index (κ3) is 3.88. The minimum absolute atomic E-state index is 0.0134. The van der Waals surface area contributed by atoms with Gasteiger partial charge in [-0.3, -0.25) is 0 Å². The van der Waals surface area contributed by atoms with E-state index in [0.717, 1.165) is 53.6 Å². The lowest BCUT2D eigenvalue weighted by Crippen LogP contribution is -2.40. The summed E-state index contributed by atoms with van der Waals surface area (Å²) < 4.78 is 0. The summed E-state index contributed by atoms with van der Waals surface area (Å²) in [5.74, 6) is 0.441. The molecule has 1 aromatic carbocycles. The summed E-state index contributed by atoms with van der Waals surface area (Å²) >= 11 is 1.71. The molecule has 0 radical (unpaired) electrons. The first-order chi connectivity index (χ1) is 11.2. The van der Waals surface area contributed by atoms with Gasteiger partial charge in [0.15, 0.2) is 0 Å². The Labute approximate surface area is 140 Å². The fourth-order valence-electron chi connectivity index (χ4n) is 2.83. The zero-order valence-electron chi connectivity index (χ0n) is 13.6. The van der Waals surface area contributed by atoms with Crippen molar-refractivity contribution < 1.29 is 4.79 Å². The summed E-state index contributed by atoms with van der Waals surface area (Å²) in [6.07, 6.45) is 2.86. The van der Waals surface area contributed by atoms with Crippen LogP contribution >= 0.6 is 11.3 Å². The Morgan fingerprint density at radius 3 is 2.78 bits per heavy atom. The molecule has 1 aliphatic rings. The molecule has 0 saturated carbocycles. The largest absolute Gasteiger partial charge is 0.324 e. The molecule has 5 nitrogen and oxygen atoms in total. The minimum Gasteiger partial charge on any atom is -0.324 e. The summed E-state index contributed by atoms with van der Waals surface area (Å²) in [4.78, 5) is 14.3. The number of hydrogen-bond acceptors (Lipinski definition) is 4. The van der Waals surface area contributed by atoms with Crippen molar-refractivity contribution in [1.29, 1.82) is 0 Å². The van der Waals surface area contributed by atoms with E-state index in [0.29, 0.717) is 5.92 Å². The van der Waals surface area contributed by atoms with E-state index >= 15 is 0 Å². The highest BCUT2D eigenvalue weighted by atomic mass is 32.1. The van der Waals surface area contributed by atoms with Crippen LogP contribution in [0, 0.1) is 6.92 Å². The van der Waals surface area contributed by atoms with E-state index < -0.39 is 0 Å². The molecule has 1 N–H and O–H groups in total. The quantitative estimate of drug-likeness (QED) is 0.930. The molecule has 1 aromatic heterocycles. The number of carbonyl (C=O) groups is 1. The van der Waals surface area contributed by atoms with E-state index in [1.807, 2.05) is 36.1 Å².